The first-order valence-electron chi connectivity index (χ1n) is 17.4. The van der Waals surface area contributed by atoms with Crippen LogP contribution in [-0.4, -0.2) is 54.2 Å². The molecule has 0 bridgehead atoms. The number of fused-ring (bicyclic) bond motifs is 1. The highest BCUT2D eigenvalue weighted by atomic mass is 19.4. The number of nitrogens with zero attached hydrogens (tertiary/aromatic N) is 1. The Hall–Kier alpha value is -5.76. The third kappa shape index (κ3) is 7.77. The van der Waals surface area contributed by atoms with Crippen LogP contribution in [0.2, 0.25) is 0 Å². The first-order chi connectivity index (χ1) is 26.2. The number of nitrogens with one attached hydrogen (secondary N) is 1. The van der Waals surface area contributed by atoms with Gasteiger partial charge < -0.3 is 24.6 Å². The van der Waals surface area contributed by atoms with Crippen molar-refractivity contribution in [3.05, 3.63) is 124 Å². The van der Waals surface area contributed by atoms with E-state index in [9.17, 15) is 41.0 Å². The van der Waals surface area contributed by atoms with Crippen molar-refractivity contribution in [3.8, 4) is 17.2 Å². The summed E-state index contributed by atoms with van der Waals surface area (Å²) in [5.41, 5.74) is -6.56. The van der Waals surface area contributed by atoms with Crippen LogP contribution in [-0.2, 0) is 15.9 Å². The molecular formula is C41H36F6N2O6. The van der Waals surface area contributed by atoms with Gasteiger partial charge in [0.15, 0.2) is 11.5 Å². The second-order valence-corrected chi connectivity index (χ2v) is 12.9. The first-order valence-corrected chi connectivity index (χ1v) is 17.4. The van der Waals surface area contributed by atoms with E-state index in [0.29, 0.717) is 40.3 Å². The van der Waals surface area contributed by atoms with Crippen LogP contribution in [0.4, 0.5) is 31.1 Å². The number of ether oxygens (including phenoxy) is 3. The third-order valence-corrected chi connectivity index (χ3v) is 9.49. The molecule has 2 N–H and O–H groups in total. The largest absolute Gasteiger partial charge is 0.492 e. The molecule has 1 saturated heterocycles. The maximum atomic E-state index is 14.1. The van der Waals surface area contributed by atoms with E-state index >= 15 is 0 Å². The number of hydrogen-bond donors (Lipinski definition) is 2. The number of alkyl halides is 6. The zero-order valence-corrected chi connectivity index (χ0v) is 29.4. The highest BCUT2D eigenvalue weighted by Crippen LogP contribution is 2.51. The number of urea groups is 1. The van der Waals surface area contributed by atoms with Crippen molar-refractivity contribution >= 4 is 36.2 Å². The lowest BCUT2D eigenvalue weighted by molar-refractivity contribution is -0.376. The summed E-state index contributed by atoms with van der Waals surface area (Å²) in [5.74, 6) is 0.469. The van der Waals surface area contributed by atoms with Gasteiger partial charge in [-0.05, 0) is 60.2 Å². The lowest BCUT2D eigenvalue weighted by Gasteiger charge is -2.33. The molecule has 0 radical (unpaired) electrons. The van der Waals surface area contributed by atoms with Crippen LogP contribution in [0, 0.1) is 0 Å². The van der Waals surface area contributed by atoms with Crippen LogP contribution < -0.4 is 19.5 Å². The SMILES string of the molecule is CCC1(c2ccc3c(c2)OCO3)NC(=O)N(CCCCOc2c(/C=C/c3ccccc3)cc(C(O)(C(F)(F)F)C(F)(F)F)cc2/C=C/c2ccccc2)C1=O. The minimum atomic E-state index is -6.12. The van der Waals surface area contributed by atoms with Gasteiger partial charge in [0.25, 0.3) is 11.5 Å². The smallest absolute Gasteiger partial charge is 0.430 e. The van der Waals surface area contributed by atoms with Crippen molar-refractivity contribution in [2.75, 3.05) is 19.9 Å². The van der Waals surface area contributed by atoms with Crippen LogP contribution in [0.15, 0.2) is 91.0 Å². The maximum Gasteiger partial charge on any atom is 0.430 e. The average Bonchev–Trinajstić information content (AvgIpc) is 3.74. The van der Waals surface area contributed by atoms with Gasteiger partial charge in [-0.3, -0.25) is 9.69 Å². The number of carbonyl (C=O) groups is 2. The Kier molecular flexibility index (Phi) is 11.0. The molecular weight excluding hydrogens is 730 g/mol. The molecule has 1 fully saturated rings. The fraction of sp³-hybridized carbons (Fsp3) is 0.268. The van der Waals surface area contributed by atoms with Gasteiger partial charge in [0.05, 0.1) is 6.61 Å². The second-order valence-electron chi connectivity index (χ2n) is 12.9. The van der Waals surface area contributed by atoms with Gasteiger partial charge in [0, 0.05) is 23.2 Å². The Morgan fingerprint density at radius 1 is 0.782 bits per heavy atom. The van der Waals surface area contributed by atoms with Gasteiger partial charge in [-0.2, -0.15) is 26.3 Å². The van der Waals surface area contributed by atoms with E-state index in [2.05, 4.69) is 5.32 Å². The van der Waals surface area contributed by atoms with Gasteiger partial charge in [-0.1, -0.05) is 98.0 Å². The summed E-state index contributed by atoms with van der Waals surface area (Å²) in [6, 6.07) is 22.7. The molecule has 0 aliphatic carbocycles. The fourth-order valence-electron chi connectivity index (χ4n) is 6.46. The molecule has 0 spiro atoms. The lowest BCUT2D eigenvalue weighted by Crippen LogP contribution is -2.54. The van der Waals surface area contributed by atoms with Gasteiger partial charge in [0.2, 0.25) is 6.79 Å². The summed E-state index contributed by atoms with van der Waals surface area (Å²) in [4.78, 5) is 27.9. The molecule has 55 heavy (non-hydrogen) atoms. The zero-order valence-electron chi connectivity index (χ0n) is 29.4. The minimum Gasteiger partial charge on any atom is -0.492 e. The molecule has 3 amide bonds. The van der Waals surface area contributed by atoms with Crippen molar-refractivity contribution in [2.45, 2.75) is 49.7 Å². The summed E-state index contributed by atoms with van der Waals surface area (Å²) >= 11 is 0. The van der Waals surface area contributed by atoms with Crippen LogP contribution in [0.3, 0.4) is 0 Å². The van der Waals surface area contributed by atoms with Crippen molar-refractivity contribution in [3.63, 3.8) is 0 Å². The highest BCUT2D eigenvalue weighted by molar-refractivity contribution is 6.07. The molecule has 8 nitrogen and oxygen atoms in total. The quantitative estimate of drug-likeness (QED) is 0.0610. The van der Waals surface area contributed by atoms with Crippen molar-refractivity contribution < 1.29 is 55.2 Å². The van der Waals surface area contributed by atoms with Gasteiger partial charge in [-0.15, -0.1) is 0 Å². The molecule has 288 valence electrons. The summed E-state index contributed by atoms with van der Waals surface area (Å²) in [6.07, 6.45) is -5.88. The number of rotatable bonds is 13. The van der Waals surface area contributed by atoms with Crippen LogP contribution in [0.25, 0.3) is 24.3 Å². The Labute approximate surface area is 312 Å². The molecule has 0 aromatic heterocycles. The zero-order chi connectivity index (χ0) is 39.4. The number of aliphatic hydroxyl groups is 1. The fourth-order valence-corrected chi connectivity index (χ4v) is 6.46. The minimum absolute atomic E-state index is 0.00496. The number of unbranched alkanes of at least 4 members (excludes halogenated alkanes) is 1. The Bertz CT molecular complexity index is 2000. The van der Waals surface area contributed by atoms with Gasteiger partial charge in [-0.25, -0.2) is 4.79 Å². The number of amides is 3. The molecule has 4 aromatic carbocycles. The predicted octanol–water partition coefficient (Wildman–Crippen LogP) is 9.08. The van der Waals surface area contributed by atoms with Gasteiger partial charge >= 0.3 is 18.4 Å². The van der Waals surface area contributed by atoms with E-state index in [4.69, 9.17) is 14.2 Å². The number of halogens is 6. The maximum absolute atomic E-state index is 14.1. The lowest BCUT2D eigenvalue weighted by atomic mass is 9.87. The standard InChI is InChI=1S/C41H36F6N2O6/c1-2-38(31-19-20-33-34(25-31)55-26-54-33)36(50)49(37(51)48-38)21-9-10-22-53-35-29(17-15-27-11-5-3-6-12-27)23-32(39(52,40(42,43)44)41(45,46)47)24-30(35)18-16-28-13-7-4-8-14-28/h3-8,11-20,23-25,52H,2,9-10,21-22,26H2,1H3,(H,48,51)/b17-15+,18-16+. The van der Waals surface area contributed by atoms with Crippen LogP contribution in [0.1, 0.15) is 59.6 Å². The topological polar surface area (TPSA) is 97.3 Å². The summed E-state index contributed by atoms with van der Waals surface area (Å²) in [7, 11) is 0. The molecule has 4 aromatic rings. The normalized spacial score (nSPS) is 17.4. The second kappa shape index (κ2) is 15.5. The molecule has 2 aliphatic heterocycles. The Morgan fingerprint density at radius 3 is 1.89 bits per heavy atom. The van der Waals surface area contributed by atoms with Crippen molar-refractivity contribution in [2.24, 2.45) is 0 Å². The van der Waals surface area contributed by atoms with E-state index in [1.54, 1.807) is 85.8 Å². The Balaban J connectivity index is 1.28. The Morgan fingerprint density at radius 2 is 1.35 bits per heavy atom. The average molecular weight is 767 g/mol. The molecule has 14 heteroatoms. The number of carbonyl (C=O) groups excluding carboxylic acids is 2. The van der Waals surface area contributed by atoms with E-state index in [1.165, 1.54) is 24.3 Å². The first kappa shape index (κ1) is 38.9. The molecule has 1 unspecified atom stereocenters. The van der Waals surface area contributed by atoms with Crippen molar-refractivity contribution in [1.29, 1.82) is 0 Å². The number of imide groups is 1. The molecule has 2 heterocycles. The molecule has 0 saturated carbocycles. The van der Waals surface area contributed by atoms with Crippen LogP contribution >= 0.6 is 0 Å². The van der Waals surface area contributed by atoms with Crippen LogP contribution in [0.5, 0.6) is 17.2 Å². The van der Waals surface area contributed by atoms with Crippen molar-refractivity contribution in [1.82, 2.24) is 10.2 Å². The molecule has 1 atom stereocenters. The third-order valence-electron chi connectivity index (χ3n) is 9.49. The van der Waals surface area contributed by atoms with E-state index < -0.39 is 41.0 Å². The number of benzene rings is 4. The molecule has 2 aliphatic rings. The van der Waals surface area contributed by atoms with E-state index in [1.807, 2.05) is 0 Å². The summed E-state index contributed by atoms with van der Waals surface area (Å²) in [6.45, 7) is 1.72. The number of hydrogen-bond acceptors (Lipinski definition) is 6. The van der Waals surface area contributed by atoms with E-state index in [-0.39, 0.29) is 56.1 Å². The molecule has 6 rings (SSSR count). The predicted molar refractivity (Wildman–Crippen MR) is 193 cm³/mol. The van der Waals surface area contributed by atoms with E-state index in [0.717, 1.165) is 4.90 Å². The summed E-state index contributed by atoms with van der Waals surface area (Å²) < 4.78 is 102. The van der Waals surface area contributed by atoms with Gasteiger partial charge in [0.1, 0.15) is 11.3 Å². The summed E-state index contributed by atoms with van der Waals surface area (Å²) in [5, 5.41) is 13.2. The highest BCUT2D eigenvalue weighted by Gasteiger charge is 2.71. The monoisotopic (exact) mass is 766 g/mol.